The molecule has 0 saturated heterocycles. The molecule has 2 rings (SSSR count). The van der Waals surface area contributed by atoms with Gasteiger partial charge in [0.05, 0.1) is 12.3 Å². The van der Waals surface area contributed by atoms with Crippen molar-refractivity contribution in [2.45, 2.75) is 68.4 Å². The predicted octanol–water partition coefficient (Wildman–Crippen LogP) is 4.96. The molecule has 2 aromatic heterocycles. The summed E-state index contributed by atoms with van der Waals surface area (Å²) in [4.78, 5) is 0. The van der Waals surface area contributed by atoms with Crippen molar-refractivity contribution in [3.63, 3.8) is 0 Å². The molecule has 0 unspecified atom stereocenters. The molecule has 21 heavy (non-hydrogen) atoms. The average Bonchev–Trinajstić information content (AvgIpc) is 2.86. The first-order valence-electron chi connectivity index (χ1n) is 7.94. The van der Waals surface area contributed by atoms with E-state index in [1.807, 2.05) is 52.0 Å². The summed E-state index contributed by atoms with van der Waals surface area (Å²) in [6.45, 7) is 16.8. The minimum atomic E-state index is 0.580. The lowest BCUT2D eigenvalue weighted by Crippen LogP contribution is -2.01. The standard InChI is InChI=1S/C10H13N3O.C3H8.2C2H6/c1-7-4-9(6-14-3)13-8(2)11-12-10(13)5-7;1-3-2;2*1-2/h4-5H,6H2,1-3H3;3H2,1-2H3;2*1-2H3. The minimum absolute atomic E-state index is 0.580. The van der Waals surface area contributed by atoms with Gasteiger partial charge in [0.15, 0.2) is 5.65 Å². The van der Waals surface area contributed by atoms with Gasteiger partial charge < -0.3 is 4.74 Å². The average molecular weight is 295 g/mol. The van der Waals surface area contributed by atoms with E-state index in [4.69, 9.17) is 4.74 Å². The molecular formula is C17H33N3O. The van der Waals surface area contributed by atoms with Gasteiger partial charge in [-0.15, -0.1) is 10.2 Å². The Morgan fingerprint density at radius 2 is 1.52 bits per heavy atom. The summed E-state index contributed by atoms with van der Waals surface area (Å²) in [6, 6.07) is 4.10. The number of nitrogens with zero attached hydrogens (tertiary/aromatic N) is 3. The molecule has 0 saturated carbocycles. The summed E-state index contributed by atoms with van der Waals surface area (Å²) < 4.78 is 7.15. The molecule has 0 fully saturated rings. The van der Waals surface area contributed by atoms with Crippen LogP contribution in [0.25, 0.3) is 5.65 Å². The second-order valence-corrected chi connectivity index (χ2v) is 4.10. The van der Waals surface area contributed by atoms with Crippen LogP contribution in [-0.2, 0) is 11.3 Å². The molecule has 4 nitrogen and oxygen atoms in total. The molecule has 0 aliphatic heterocycles. The van der Waals surface area contributed by atoms with E-state index < -0.39 is 0 Å². The molecule has 0 N–H and O–H groups in total. The molecule has 2 aromatic rings. The normalized spacial score (nSPS) is 8.81. The monoisotopic (exact) mass is 295 g/mol. The zero-order chi connectivity index (χ0) is 16.8. The van der Waals surface area contributed by atoms with Crippen LogP contribution in [0.4, 0.5) is 0 Å². The Bertz CT molecular complexity index is 478. The highest BCUT2D eigenvalue weighted by molar-refractivity contribution is 5.43. The van der Waals surface area contributed by atoms with Gasteiger partial charge in [-0.1, -0.05) is 48.0 Å². The number of hydrogen-bond donors (Lipinski definition) is 0. The van der Waals surface area contributed by atoms with Gasteiger partial charge in [0, 0.05) is 7.11 Å². The van der Waals surface area contributed by atoms with Crippen LogP contribution in [0.1, 0.15) is 65.0 Å². The highest BCUT2D eigenvalue weighted by Gasteiger charge is 2.06. The van der Waals surface area contributed by atoms with E-state index in [0.29, 0.717) is 6.61 Å². The molecular weight excluding hydrogens is 262 g/mol. The fourth-order valence-electron chi connectivity index (χ4n) is 1.65. The van der Waals surface area contributed by atoms with Crippen LogP contribution < -0.4 is 0 Å². The lowest BCUT2D eigenvalue weighted by Gasteiger charge is -2.06. The number of hydrogen-bond acceptors (Lipinski definition) is 3. The van der Waals surface area contributed by atoms with Crippen molar-refractivity contribution in [2.75, 3.05) is 7.11 Å². The molecule has 122 valence electrons. The lowest BCUT2D eigenvalue weighted by atomic mass is 10.2. The second kappa shape index (κ2) is 13.6. The Morgan fingerprint density at radius 3 is 2.00 bits per heavy atom. The lowest BCUT2D eigenvalue weighted by molar-refractivity contribution is 0.180. The van der Waals surface area contributed by atoms with Crippen LogP contribution >= 0.6 is 0 Å². The predicted molar refractivity (Wildman–Crippen MR) is 91.8 cm³/mol. The van der Waals surface area contributed by atoms with Crippen molar-refractivity contribution in [3.8, 4) is 0 Å². The fraction of sp³-hybridized carbons (Fsp3) is 0.647. The molecule has 4 heteroatoms. The van der Waals surface area contributed by atoms with E-state index in [1.165, 1.54) is 12.0 Å². The maximum Gasteiger partial charge on any atom is 0.161 e. The van der Waals surface area contributed by atoms with Crippen molar-refractivity contribution >= 4 is 5.65 Å². The van der Waals surface area contributed by atoms with Crippen LogP contribution in [-0.4, -0.2) is 21.7 Å². The second-order valence-electron chi connectivity index (χ2n) is 4.10. The summed E-state index contributed by atoms with van der Waals surface area (Å²) in [5.41, 5.74) is 3.15. The smallest absolute Gasteiger partial charge is 0.161 e. The van der Waals surface area contributed by atoms with E-state index in [2.05, 4.69) is 30.1 Å². The van der Waals surface area contributed by atoms with Gasteiger partial charge in [-0.05, 0) is 31.5 Å². The van der Waals surface area contributed by atoms with E-state index in [1.54, 1.807) is 7.11 Å². The van der Waals surface area contributed by atoms with Gasteiger partial charge in [0.2, 0.25) is 0 Å². The van der Waals surface area contributed by atoms with Crippen LogP contribution in [0, 0.1) is 13.8 Å². The number of pyridine rings is 1. The molecule has 0 atom stereocenters. The van der Waals surface area contributed by atoms with Gasteiger partial charge in [0.1, 0.15) is 5.82 Å². The molecule has 2 heterocycles. The van der Waals surface area contributed by atoms with Gasteiger partial charge >= 0.3 is 0 Å². The van der Waals surface area contributed by atoms with Gasteiger partial charge in [-0.3, -0.25) is 4.40 Å². The summed E-state index contributed by atoms with van der Waals surface area (Å²) >= 11 is 0. The van der Waals surface area contributed by atoms with E-state index >= 15 is 0 Å². The Balaban J connectivity index is 0. The van der Waals surface area contributed by atoms with E-state index in [-0.39, 0.29) is 0 Å². The number of aromatic nitrogens is 3. The number of rotatable bonds is 2. The maximum atomic E-state index is 5.14. The van der Waals surface area contributed by atoms with Gasteiger partial charge in [-0.25, -0.2) is 0 Å². The van der Waals surface area contributed by atoms with Crippen LogP contribution in [0.2, 0.25) is 0 Å². The van der Waals surface area contributed by atoms with Crippen molar-refractivity contribution < 1.29 is 4.74 Å². The number of aryl methyl sites for hydroxylation is 2. The highest BCUT2D eigenvalue weighted by atomic mass is 16.5. The molecule has 0 aliphatic rings. The number of fused-ring (bicyclic) bond motifs is 1. The van der Waals surface area contributed by atoms with Crippen molar-refractivity contribution in [1.29, 1.82) is 0 Å². The topological polar surface area (TPSA) is 39.4 Å². The van der Waals surface area contributed by atoms with Gasteiger partial charge in [0.25, 0.3) is 0 Å². The Labute approximate surface area is 130 Å². The van der Waals surface area contributed by atoms with Crippen LogP contribution in [0.5, 0.6) is 0 Å². The quantitative estimate of drug-likeness (QED) is 0.786. The molecule has 0 amide bonds. The van der Waals surface area contributed by atoms with Crippen LogP contribution in [0.3, 0.4) is 0 Å². The summed E-state index contributed by atoms with van der Waals surface area (Å²) in [7, 11) is 1.69. The molecule has 0 aliphatic carbocycles. The minimum Gasteiger partial charge on any atom is -0.378 e. The third-order valence-electron chi connectivity index (χ3n) is 2.18. The summed E-state index contributed by atoms with van der Waals surface area (Å²) in [5.74, 6) is 0.895. The largest absolute Gasteiger partial charge is 0.378 e. The molecule has 0 aromatic carbocycles. The van der Waals surface area contributed by atoms with E-state index in [0.717, 1.165) is 17.2 Å². The Morgan fingerprint density at radius 1 is 1.00 bits per heavy atom. The first-order valence-corrected chi connectivity index (χ1v) is 7.94. The van der Waals surface area contributed by atoms with Crippen molar-refractivity contribution in [3.05, 3.63) is 29.2 Å². The van der Waals surface area contributed by atoms with Crippen LogP contribution in [0.15, 0.2) is 12.1 Å². The molecule has 0 spiro atoms. The zero-order valence-electron chi connectivity index (χ0n) is 15.3. The van der Waals surface area contributed by atoms with Crippen molar-refractivity contribution in [1.82, 2.24) is 14.6 Å². The zero-order valence-corrected chi connectivity index (χ0v) is 15.3. The maximum absolute atomic E-state index is 5.14. The SMILES string of the molecule is CC.CC.CCC.COCc1cc(C)cc2nnc(C)n12. The summed E-state index contributed by atoms with van der Waals surface area (Å²) in [5, 5.41) is 8.12. The number of methoxy groups -OCH3 is 1. The third-order valence-corrected chi connectivity index (χ3v) is 2.18. The molecule has 0 bridgehead atoms. The first-order chi connectivity index (χ1) is 10.1. The fourth-order valence-corrected chi connectivity index (χ4v) is 1.65. The van der Waals surface area contributed by atoms with Crippen molar-refractivity contribution in [2.24, 2.45) is 0 Å². The first kappa shape index (κ1) is 21.9. The number of ether oxygens (including phenoxy) is 1. The Kier molecular flexibility index (Phi) is 14.1. The van der Waals surface area contributed by atoms with E-state index in [9.17, 15) is 0 Å². The Hall–Kier alpha value is -1.42. The third kappa shape index (κ3) is 7.23. The van der Waals surface area contributed by atoms with Gasteiger partial charge in [-0.2, -0.15) is 0 Å². The summed E-state index contributed by atoms with van der Waals surface area (Å²) in [6.07, 6.45) is 1.25. The molecule has 0 radical (unpaired) electrons. The highest BCUT2D eigenvalue weighted by Crippen LogP contribution is 2.12.